The molecule has 180 valence electrons. The van der Waals surface area contributed by atoms with Crippen molar-refractivity contribution >= 4 is 55.1 Å². The van der Waals surface area contributed by atoms with Crippen LogP contribution in [0.4, 0.5) is 5.13 Å². The average molecular weight is 520 g/mol. The predicted molar refractivity (Wildman–Crippen MR) is 135 cm³/mol. The summed E-state index contributed by atoms with van der Waals surface area (Å²) in [5.41, 5.74) is 2.60. The quantitative estimate of drug-likeness (QED) is 0.256. The monoisotopic (exact) mass is 519 g/mol. The second-order valence-corrected chi connectivity index (χ2v) is 10.6. The van der Waals surface area contributed by atoms with Crippen molar-refractivity contribution in [2.24, 2.45) is 5.92 Å². The number of ether oxygens (including phenoxy) is 1. The lowest BCUT2D eigenvalue weighted by Crippen LogP contribution is -2.25. The SMILES string of the molecule is CC(C)[C@@H](C(=O)CCCc1ccsc1)n1cc(COc2ccc3nc(NS(=O)O)sc3c2)nn1. The van der Waals surface area contributed by atoms with Gasteiger partial charge in [-0.3, -0.25) is 14.1 Å². The highest BCUT2D eigenvalue weighted by atomic mass is 32.2. The first kappa shape index (κ1) is 24.5. The number of carbonyl (C=O) groups is 1. The van der Waals surface area contributed by atoms with Crippen LogP contribution in [0.15, 0.2) is 41.2 Å². The molecule has 34 heavy (non-hydrogen) atoms. The molecule has 1 unspecified atom stereocenters. The van der Waals surface area contributed by atoms with Crippen LogP contribution in [-0.4, -0.2) is 34.5 Å². The number of carbonyl (C=O) groups excluding carboxylic acids is 1. The van der Waals surface area contributed by atoms with Crippen molar-refractivity contribution in [1.82, 2.24) is 20.0 Å². The molecule has 0 aliphatic heterocycles. The summed E-state index contributed by atoms with van der Waals surface area (Å²) in [5.74, 6) is 0.868. The van der Waals surface area contributed by atoms with E-state index in [2.05, 4.69) is 36.8 Å². The summed E-state index contributed by atoms with van der Waals surface area (Å²) in [6, 6.07) is 7.11. The standard InChI is InChI=1S/C22H25N5O4S3/c1-14(2)21(19(28)5-3-4-15-8-9-32-13-15)27-11-16(24-26-27)12-31-17-6-7-18-20(10-17)33-22(23-18)25-34(29)30/h6-11,13-14,21H,3-5,12H2,1-2H3,(H,23,25)(H,29,30)/t21-/m0/s1. The minimum atomic E-state index is -2.17. The second-order valence-electron chi connectivity index (χ2n) is 8.12. The van der Waals surface area contributed by atoms with E-state index in [1.54, 1.807) is 34.3 Å². The third-order valence-electron chi connectivity index (χ3n) is 5.19. The molecular formula is C22H25N5O4S3. The van der Waals surface area contributed by atoms with E-state index in [4.69, 9.17) is 9.29 Å². The van der Waals surface area contributed by atoms with Gasteiger partial charge in [-0.25, -0.2) is 13.9 Å². The number of hydrogen-bond acceptors (Lipinski definition) is 8. The fraction of sp³-hybridized carbons (Fsp3) is 0.364. The van der Waals surface area contributed by atoms with Gasteiger partial charge in [0.15, 0.2) is 10.9 Å². The van der Waals surface area contributed by atoms with E-state index in [-0.39, 0.29) is 24.3 Å². The number of anilines is 1. The van der Waals surface area contributed by atoms with E-state index < -0.39 is 11.3 Å². The van der Waals surface area contributed by atoms with Gasteiger partial charge in [-0.1, -0.05) is 30.4 Å². The maximum absolute atomic E-state index is 12.9. The lowest BCUT2D eigenvalue weighted by atomic mass is 9.96. The summed E-state index contributed by atoms with van der Waals surface area (Å²) in [5, 5.41) is 12.9. The Hall–Kier alpha value is -2.67. The van der Waals surface area contributed by atoms with Crippen LogP contribution in [0.2, 0.25) is 0 Å². The molecule has 0 fully saturated rings. The Morgan fingerprint density at radius 1 is 1.32 bits per heavy atom. The highest BCUT2D eigenvalue weighted by Gasteiger charge is 2.25. The van der Waals surface area contributed by atoms with Gasteiger partial charge in [0, 0.05) is 6.42 Å². The first-order valence-corrected chi connectivity index (χ1v) is 13.6. The van der Waals surface area contributed by atoms with E-state index >= 15 is 0 Å². The zero-order valence-corrected chi connectivity index (χ0v) is 21.2. The number of aromatic nitrogens is 4. The molecule has 0 aliphatic rings. The summed E-state index contributed by atoms with van der Waals surface area (Å²) in [6.45, 7) is 4.23. The number of thiophene rings is 1. The largest absolute Gasteiger partial charge is 0.487 e. The average Bonchev–Trinajstić information content (AvgIpc) is 3.52. The molecule has 3 heterocycles. The van der Waals surface area contributed by atoms with Crippen LogP contribution < -0.4 is 9.46 Å². The smallest absolute Gasteiger partial charge is 0.260 e. The molecule has 0 amide bonds. The number of ketones is 1. The lowest BCUT2D eigenvalue weighted by molar-refractivity contribution is -0.123. The summed E-state index contributed by atoms with van der Waals surface area (Å²) in [6.07, 6.45) is 3.98. The molecule has 12 heteroatoms. The van der Waals surface area contributed by atoms with Gasteiger partial charge in [0.1, 0.15) is 24.1 Å². The van der Waals surface area contributed by atoms with Gasteiger partial charge in [0.25, 0.3) is 11.3 Å². The Kier molecular flexibility index (Phi) is 8.03. The Labute approximate surface area is 207 Å². The molecule has 2 atom stereocenters. The maximum atomic E-state index is 12.9. The molecule has 1 aromatic carbocycles. The zero-order valence-electron chi connectivity index (χ0n) is 18.7. The number of aryl methyl sites for hydroxylation is 1. The van der Waals surface area contributed by atoms with E-state index in [1.807, 2.05) is 19.9 Å². The number of Topliss-reactive ketones (excluding diaryl/α,β-unsaturated/α-hetero) is 1. The maximum Gasteiger partial charge on any atom is 0.260 e. The summed E-state index contributed by atoms with van der Waals surface area (Å²) >= 11 is 0.759. The van der Waals surface area contributed by atoms with Crippen molar-refractivity contribution < 1.29 is 18.3 Å². The molecule has 0 saturated heterocycles. The van der Waals surface area contributed by atoms with Crippen LogP contribution in [0.5, 0.6) is 5.75 Å². The van der Waals surface area contributed by atoms with Crippen molar-refractivity contribution in [3.63, 3.8) is 0 Å². The molecule has 0 saturated carbocycles. The molecule has 4 rings (SSSR count). The minimum absolute atomic E-state index is 0.0916. The van der Waals surface area contributed by atoms with Crippen LogP contribution in [0.3, 0.4) is 0 Å². The van der Waals surface area contributed by atoms with Gasteiger partial charge in [0.2, 0.25) is 0 Å². The van der Waals surface area contributed by atoms with Crippen molar-refractivity contribution in [1.29, 1.82) is 0 Å². The van der Waals surface area contributed by atoms with Crippen LogP contribution in [-0.2, 0) is 29.1 Å². The molecular weight excluding hydrogens is 494 g/mol. The Morgan fingerprint density at radius 3 is 2.91 bits per heavy atom. The Balaban J connectivity index is 1.36. The first-order valence-electron chi connectivity index (χ1n) is 10.7. The number of thiazole rings is 1. The first-order chi connectivity index (χ1) is 16.4. The summed E-state index contributed by atoms with van der Waals surface area (Å²) in [7, 11) is 0. The van der Waals surface area contributed by atoms with Crippen molar-refractivity contribution in [3.05, 3.63) is 52.5 Å². The van der Waals surface area contributed by atoms with Crippen molar-refractivity contribution in [3.8, 4) is 5.75 Å². The molecule has 0 radical (unpaired) electrons. The topological polar surface area (TPSA) is 119 Å². The highest BCUT2D eigenvalue weighted by molar-refractivity contribution is 7.80. The lowest BCUT2D eigenvalue weighted by Gasteiger charge is -2.19. The van der Waals surface area contributed by atoms with Crippen LogP contribution in [0, 0.1) is 5.92 Å². The third-order valence-corrected chi connectivity index (χ3v) is 7.36. The predicted octanol–water partition coefficient (Wildman–Crippen LogP) is 4.87. The van der Waals surface area contributed by atoms with Gasteiger partial charge in [0.05, 0.1) is 16.4 Å². The van der Waals surface area contributed by atoms with E-state index in [9.17, 15) is 9.00 Å². The normalized spacial score (nSPS) is 13.3. The van der Waals surface area contributed by atoms with Gasteiger partial charge in [-0.2, -0.15) is 11.3 Å². The Bertz CT molecular complexity index is 1270. The molecule has 9 nitrogen and oxygen atoms in total. The third kappa shape index (κ3) is 6.26. The minimum Gasteiger partial charge on any atom is -0.487 e. The fourth-order valence-corrected chi connectivity index (χ4v) is 5.68. The van der Waals surface area contributed by atoms with E-state index in [1.165, 1.54) is 16.9 Å². The van der Waals surface area contributed by atoms with Gasteiger partial charge in [-0.15, -0.1) is 5.10 Å². The zero-order chi connectivity index (χ0) is 24.1. The fourth-order valence-electron chi connectivity index (χ4n) is 3.66. The van der Waals surface area contributed by atoms with Crippen molar-refractivity contribution in [2.75, 3.05) is 4.72 Å². The summed E-state index contributed by atoms with van der Waals surface area (Å²) < 4.78 is 30.6. The summed E-state index contributed by atoms with van der Waals surface area (Å²) in [4.78, 5) is 17.2. The van der Waals surface area contributed by atoms with E-state index in [0.717, 1.165) is 17.5 Å². The highest BCUT2D eigenvalue weighted by Crippen LogP contribution is 2.30. The number of nitrogens with one attached hydrogen (secondary N) is 1. The van der Waals surface area contributed by atoms with Crippen molar-refractivity contribution in [2.45, 2.75) is 45.8 Å². The van der Waals surface area contributed by atoms with E-state index in [0.29, 0.717) is 28.5 Å². The molecule has 2 N–H and O–H groups in total. The van der Waals surface area contributed by atoms with Gasteiger partial charge < -0.3 is 4.74 Å². The number of hydrogen-bond donors (Lipinski definition) is 2. The number of fused-ring (bicyclic) bond motifs is 1. The second kappa shape index (κ2) is 11.2. The number of benzene rings is 1. The van der Waals surface area contributed by atoms with Crippen LogP contribution in [0.1, 0.15) is 44.0 Å². The molecule has 0 spiro atoms. The number of nitrogens with zero attached hydrogens (tertiary/aromatic N) is 4. The molecule has 4 aromatic rings. The number of rotatable bonds is 12. The van der Waals surface area contributed by atoms with Gasteiger partial charge in [-0.05, 0) is 59.3 Å². The Morgan fingerprint density at radius 2 is 2.18 bits per heavy atom. The van der Waals surface area contributed by atoms with Gasteiger partial charge >= 0.3 is 0 Å². The van der Waals surface area contributed by atoms with Crippen LogP contribution >= 0.6 is 22.7 Å². The molecule has 3 aromatic heterocycles. The molecule has 0 bridgehead atoms. The molecule has 0 aliphatic carbocycles. The van der Waals surface area contributed by atoms with Crippen LogP contribution in [0.25, 0.3) is 10.2 Å².